The number of amides is 1. The van der Waals surface area contributed by atoms with Gasteiger partial charge in [-0.2, -0.15) is 0 Å². The third kappa shape index (κ3) is 3.57. The molecule has 1 aliphatic carbocycles. The van der Waals surface area contributed by atoms with Crippen LogP contribution in [0.25, 0.3) is 0 Å². The first kappa shape index (κ1) is 13.1. The van der Waals surface area contributed by atoms with Crippen LogP contribution in [0.2, 0.25) is 0 Å². The number of aryl methyl sites for hydroxylation is 1. The molecule has 0 radical (unpaired) electrons. The minimum atomic E-state index is -3.52. The van der Waals surface area contributed by atoms with Crippen molar-refractivity contribution in [2.24, 2.45) is 5.92 Å². The average molecular weight is 267 g/mol. The molecule has 98 valence electrons. The minimum Gasteiger partial charge on any atom is -0.355 e. The third-order valence-corrected chi connectivity index (χ3v) is 4.62. The van der Waals surface area contributed by atoms with Crippen LogP contribution < -0.4 is 5.32 Å². The Labute approximate surface area is 107 Å². The van der Waals surface area contributed by atoms with E-state index in [0.717, 1.165) is 18.4 Å². The van der Waals surface area contributed by atoms with E-state index in [-0.39, 0.29) is 4.90 Å². The van der Waals surface area contributed by atoms with E-state index >= 15 is 0 Å². The second-order valence-electron chi connectivity index (χ2n) is 4.82. The van der Waals surface area contributed by atoms with Gasteiger partial charge < -0.3 is 5.32 Å². The maximum atomic E-state index is 12.0. The zero-order chi connectivity index (χ0) is 13.2. The lowest BCUT2D eigenvalue weighted by Crippen LogP contribution is -2.31. The molecule has 1 aromatic carbocycles. The summed E-state index contributed by atoms with van der Waals surface area (Å²) < 4.78 is 23.9. The van der Waals surface area contributed by atoms with Crippen LogP contribution in [0.15, 0.2) is 29.2 Å². The molecule has 1 aromatic rings. The van der Waals surface area contributed by atoms with Crippen LogP contribution in [0.1, 0.15) is 18.4 Å². The van der Waals surface area contributed by atoms with Gasteiger partial charge in [0.1, 0.15) is 5.75 Å². The molecule has 4 nitrogen and oxygen atoms in total. The lowest BCUT2D eigenvalue weighted by molar-refractivity contribution is -0.118. The van der Waals surface area contributed by atoms with E-state index in [9.17, 15) is 13.2 Å². The van der Waals surface area contributed by atoms with E-state index in [1.54, 1.807) is 24.3 Å². The van der Waals surface area contributed by atoms with Gasteiger partial charge in [0.25, 0.3) is 0 Å². The largest absolute Gasteiger partial charge is 0.355 e. The molecule has 0 unspecified atom stereocenters. The lowest BCUT2D eigenvalue weighted by Gasteiger charge is -2.06. The zero-order valence-electron chi connectivity index (χ0n) is 10.3. The highest BCUT2D eigenvalue weighted by Crippen LogP contribution is 2.27. The van der Waals surface area contributed by atoms with E-state index in [1.807, 2.05) is 6.92 Å². The summed E-state index contributed by atoms with van der Waals surface area (Å²) in [4.78, 5) is 11.7. The van der Waals surface area contributed by atoms with Crippen molar-refractivity contribution < 1.29 is 13.2 Å². The van der Waals surface area contributed by atoms with Gasteiger partial charge in [0.15, 0.2) is 9.84 Å². The van der Waals surface area contributed by atoms with Crippen molar-refractivity contribution >= 4 is 15.7 Å². The van der Waals surface area contributed by atoms with Crippen molar-refractivity contribution in [2.45, 2.75) is 24.7 Å². The van der Waals surface area contributed by atoms with Gasteiger partial charge in [0.05, 0.1) is 4.90 Å². The fraction of sp³-hybridized carbons (Fsp3) is 0.462. The maximum Gasteiger partial charge on any atom is 0.235 e. The standard InChI is InChI=1S/C13H17NO3S/c1-10-2-6-12(7-3-10)18(16,17)9-13(15)14-8-11-4-5-11/h2-3,6-7,11H,4-5,8-9H2,1H3,(H,14,15). The van der Waals surface area contributed by atoms with Crippen molar-refractivity contribution in [3.63, 3.8) is 0 Å². The van der Waals surface area contributed by atoms with Crippen LogP contribution in [-0.4, -0.2) is 26.6 Å². The normalized spacial score (nSPS) is 15.4. The Hall–Kier alpha value is -1.36. The van der Waals surface area contributed by atoms with Gasteiger partial charge in [0.2, 0.25) is 5.91 Å². The van der Waals surface area contributed by atoms with Crippen molar-refractivity contribution in [3.8, 4) is 0 Å². The van der Waals surface area contributed by atoms with E-state index in [2.05, 4.69) is 5.32 Å². The van der Waals surface area contributed by atoms with Crippen molar-refractivity contribution in [3.05, 3.63) is 29.8 Å². The highest BCUT2D eigenvalue weighted by molar-refractivity contribution is 7.92. The van der Waals surface area contributed by atoms with Gasteiger partial charge in [0, 0.05) is 6.54 Å². The summed E-state index contributed by atoms with van der Waals surface area (Å²) in [6, 6.07) is 6.54. The Morgan fingerprint density at radius 1 is 1.28 bits per heavy atom. The predicted octanol–water partition coefficient (Wildman–Crippen LogP) is 1.29. The van der Waals surface area contributed by atoms with Crippen LogP contribution in [0.4, 0.5) is 0 Å². The number of benzene rings is 1. The Bertz CT molecular complexity index is 530. The molecule has 0 spiro atoms. The molecule has 0 atom stereocenters. The van der Waals surface area contributed by atoms with Gasteiger partial charge in [-0.3, -0.25) is 4.79 Å². The molecule has 5 heteroatoms. The molecule has 0 aromatic heterocycles. The Balaban J connectivity index is 1.97. The SMILES string of the molecule is Cc1ccc(S(=O)(=O)CC(=O)NCC2CC2)cc1. The molecule has 1 saturated carbocycles. The van der Waals surface area contributed by atoms with Gasteiger partial charge in [-0.1, -0.05) is 17.7 Å². The smallest absolute Gasteiger partial charge is 0.235 e. The molecule has 0 bridgehead atoms. The van der Waals surface area contributed by atoms with Gasteiger partial charge in [-0.15, -0.1) is 0 Å². The van der Waals surface area contributed by atoms with Crippen LogP contribution in [0.5, 0.6) is 0 Å². The second kappa shape index (κ2) is 5.10. The molecule has 0 aliphatic heterocycles. The third-order valence-electron chi connectivity index (χ3n) is 2.99. The summed E-state index contributed by atoms with van der Waals surface area (Å²) in [7, 11) is -3.52. The van der Waals surface area contributed by atoms with Gasteiger partial charge in [-0.05, 0) is 37.8 Å². The molecule has 1 N–H and O–H groups in total. The monoisotopic (exact) mass is 267 g/mol. The van der Waals surface area contributed by atoms with Crippen LogP contribution in [0.3, 0.4) is 0 Å². The highest BCUT2D eigenvalue weighted by atomic mass is 32.2. The van der Waals surface area contributed by atoms with Crippen molar-refractivity contribution in [1.29, 1.82) is 0 Å². The van der Waals surface area contributed by atoms with E-state index in [0.29, 0.717) is 12.5 Å². The Kier molecular flexibility index (Phi) is 3.71. The Morgan fingerprint density at radius 3 is 2.44 bits per heavy atom. The fourth-order valence-electron chi connectivity index (χ4n) is 1.63. The second-order valence-corrected chi connectivity index (χ2v) is 6.81. The van der Waals surface area contributed by atoms with Crippen molar-refractivity contribution in [1.82, 2.24) is 5.32 Å². The summed E-state index contributed by atoms with van der Waals surface area (Å²) in [6.07, 6.45) is 2.26. The number of nitrogens with one attached hydrogen (secondary N) is 1. The number of hydrogen-bond donors (Lipinski definition) is 1. The van der Waals surface area contributed by atoms with Crippen LogP contribution >= 0.6 is 0 Å². The molecule has 18 heavy (non-hydrogen) atoms. The fourth-order valence-corrected chi connectivity index (χ4v) is 2.80. The summed E-state index contributed by atoms with van der Waals surface area (Å²) >= 11 is 0. The summed E-state index contributed by atoms with van der Waals surface area (Å²) in [5.41, 5.74) is 0.993. The molecule has 0 saturated heterocycles. The van der Waals surface area contributed by atoms with Crippen LogP contribution in [-0.2, 0) is 14.6 Å². The van der Waals surface area contributed by atoms with E-state index in [4.69, 9.17) is 0 Å². The molecule has 1 aliphatic rings. The first-order valence-electron chi connectivity index (χ1n) is 6.03. The summed E-state index contributed by atoms with van der Waals surface area (Å²) in [6.45, 7) is 2.49. The molecular weight excluding hydrogens is 250 g/mol. The van der Waals surface area contributed by atoms with E-state index < -0.39 is 21.5 Å². The number of carbonyl (C=O) groups excluding carboxylic acids is 1. The number of carbonyl (C=O) groups is 1. The highest BCUT2D eigenvalue weighted by Gasteiger charge is 2.24. The number of hydrogen-bond acceptors (Lipinski definition) is 3. The van der Waals surface area contributed by atoms with Crippen molar-refractivity contribution in [2.75, 3.05) is 12.3 Å². The number of sulfone groups is 1. The van der Waals surface area contributed by atoms with Gasteiger partial charge in [-0.25, -0.2) is 8.42 Å². The Morgan fingerprint density at radius 2 is 1.89 bits per heavy atom. The first-order valence-corrected chi connectivity index (χ1v) is 7.69. The average Bonchev–Trinajstić information content (AvgIpc) is 3.10. The molecule has 1 fully saturated rings. The van der Waals surface area contributed by atoms with Crippen LogP contribution in [0, 0.1) is 12.8 Å². The predicted molar refractivity (Wildman–Crippen MR) is 69.0 cm³/mol. The lowest BCUT2D eigenvalue weighted by atomic mass is 10.2. The van der Waals surface area contributed by atoms with E-state index in [1.165, 1.54) is 0 Å². The summed E-state index contributed by atoms with van der Waals surface area (Å²) in [5.74, 6) is -0.332. The quantitative estimate of drug-likeness (QED) is 0.874. The first-order chi connectivity index (χ1) is 8.47. The maximum absolute atomic E-state index is 12.0. The molecule has 1 amide bonds. The molecular formula is C13H17NO3S. The minimum absolute atomic E-state index is 0.203. The molecule has 0 heterocycles. The zero-order valence-corrected chi connectivity index (χ0v) is 11.2. The summed E-state index contributed by atoms with van der Waals surface area (Å²) in [5, 5.41) is 2.66. The van der Waals surface area contributed by atoms with Gasteiger partial charge >= 0.3 is 0 Å². The topological polar surface area (TPSA) is 63.2 Å². The molecule has 2 rings (SSSR count). The number of rotatable bonds is 5.